The molecule has 8 heteroatoms. The predicted octanol–water partition coefficient (Wildman–Crippen LogP) is 6.62. The average Bonchev–Trinajstić information content (AvgIpc) is 3.54. The molecule has 6 nitrogen and oxygen atoms in total. The third-order valence-electron chi connectivity index (χ3n) is 6.12. The largest absolute Gasteiger partial charge is 0.457 e. The molecule has 0 N–H and O–H groups in total. The van der Waals surface area contributed by atoms with Gasteiger partial charge in [0.05, 0.1) is 22.5 Å². The van der Waals surface area contributed by atoms with Gasteiger partial charge in [0.1, 0.15) is 11.5 Å². The number of nitrogens with zero attached hydrogens (tertiary/aromatic N) is 4. The normalized spacial score (nSPS) is 12.7. The number of carbonyl (C=O) groups excluding carboxylic acids is 1. The number of hydrogen-bond donors (Lipinski definition) is 0. The molecule has 0 fully saturated rings. The van der Waals surface area contributed by atoms with E-state index in [1.54, 1.807) is 12.5 Å². The molecule has 2 aromatic heterocycles. The van der Waals surface area contributed by atoms with E-state index >= 15 is 0 Å². The second kappa shape index (κ2) is 9.28. The van der Waals surface area contributed by atoms with Gasteiger partial charge in [-0.1, -0.05) is 63.7 Å². The minimum Gasteiger partial charge on any atom is -0.457 e. The molecule has 0 aliphatic carbocycles. The van der Waals surface area contributed by atoms with Gasteiger partial charge in [0.15, 0.2) is 5.13 Å². The Morgan fingerprint density at radius 1 is 1.06 bits per heavy atom. The molecule has 174 valence electrons. The first-order valence-electron chi connectivity index (χ1n) is 11.4. The number of amides is 1. The molecular formula is C27H21BrN4O2S. The highest BCUT2D eigenvalue weighted by molar-refractivity contribution is 9.10. The highest BCUT2D eigenvalue weighted by atomic mass is 79.9. The van der Waals surface area contributed by atoms with Crippen LogP contribution in [0.25, 0.3) is 10.2 Å². The summed E-state index contributed by atoms with van der Waals surface area (Å²) < 4.78 is 10.2. The summed E-state index contributed by atoms with van der Waals surface area (Å²) >= 11 is 5.08. The molecule has 3 aromatic carbocycles. The summed E-state index contributed by atoms with van der Waals surface area (Å²) in [7, 11) is 0. The molecule has 0 saturated carbocycles. The van der Waals surface area contributed by atoms with E-state index < -0.39 is 5.92 Å². The van der Waals surface area contributed by atoms with Crippen LogP contribution in [-0.4, -0.2) is 27.0 Å². The van der Waals surface area contributed by atoms with Crippen molar-refractivity contribution in [3.8, 4) is 11.5 Å². The Morgan fingerprint density at radius 2 is 1.80 bits per heavy atom. The number of thiazole rings is 1. The fourth-order valence-corrected chi connectivity index (χ4v) is 6.01. The predicted molar refractivity (Wildman–Crippen MR) is 141 cm³/mol. The van der Waals surface area contributed by atoms with E-state index in [1.807, 2.05) is 82.4 Å². The molecular weight excluding hydrogens is 524 g/mol. The van der Waals surface area contributed by atoms with E-state index in [0.717, 1.165) is 50.3 Å². The van der Waals surface area contributed by atoms with Crippen LogP contribution >= 0.6 is 27.3 Å². The maximum atomic E-state index is 14.4. The molecule has 5 aromatic rings. The summed E-state index contributed by atoms with van der Waals surface area (Å²) in [4.78, 5) is 25.2. The van der Waals surface area contributed by atoms with Crippen molar-refractivity contribution in [2.75, 3.05) is 11.4 Å². The van der Waals surface area contributed by atoms with Gasteiger partial charge in [-0.25, -0.2) is 9.97 Å². The van der Waals surface area contributed by atoms with Gasteiger partial charge in [0.2, 0.25) is 5.91 Å². The summed E-state index contributed by atoms with van der Waals surface area (Å²) in [6.45, 7) is 1.31. The first kappa shape index (κ1) is 22.0. The number of carbonyl (C=O) groups is 1. The van der Waals surface area contributed by atoms with Crippen LogP contribution in [0.4, 0.5) is 5.13 Å². The Labute approximate surface area is 215 Å². The fraction of sp³-hybridized carbons (Fsp3) is 0.148. The number of aromatic nitrogens is 3. The molecule has 0 spiro atoms. The zero-order valence-electron chi connectivity index (χ0n) is 18.7. The summed E-state index contributed by atoms with van der Waals surface area (Å²) in [6.07, 6.45) is 6.27. The SMILES string of the molecule is O=C(C1c2ccccc2Oc2ccccc21)N(CCCn1ccnc1)c1nc2ccc(Br)cc2s1. The van der Waals surface area contributed by atoms with Crippen molar-refractivity contribution >= 4 is 48.5 Å². The zero-order chi connectivity index (χ0) is 23.8. The summed E-state index contributed by atoms with van der Waals surface area (Å²) in [5, 5.41) is 0.704. The van der Waals surface area contributed by atoms with Crippen molar-refractivity contribution in [2.24, 2.45) is 0 Å². The van der Waals surface area contributed by atoms with Crippen LogP contribution < -0.4 is 9.64 Å². The number of para-hydroxylation sites is 2. The lowest BCUT2D eigenvalue weighted by molar-refractivity contribution is -0.119. The van der Waals surface area contributed by atoms with Crippen LogP contribution in [0, 0.1) is 0 Å². The Bertz CT molecular complexity index is 1470. The zero-order valence-corrected chi connectivity index (χ0v) is 21.1. The fourth-order valence-electron chi connectivity index (χ4n) is 4.46. The number of imidazole rings is 1. The molecule has 1 aliphatic heterocycles. The van der Waals surface area contributed by atoms with E-state index in [1.165, 1.54) is 11.3 Å². The third-order valence-corrected chi connectivity index (χ3v) is 7.65. The van der Waals surface area contributed by atoms with Crippen LogP contribution in [0.15, 0.2) is 89.9 Å². The molecule has 0 saturated heterocycles. The minimum atomic E-state index is -0.469. The Hall–Kier alpha value is -3.49. The van der Waals surface area contributed by atoms with Gasteiger partial charge in [0, 0.05) is 41.1 Å². The third kappa shape index (κ3) is 4.24. The van der Waals surface area contributed by atoms with Crippen molar-refractivity contribution < 1.29 is 9.53 Å². The van der Waals surface area contributed by atoms with E-state index in [4.69, 9.17) is 9.72 Å². The average molecular weight is 545 g/mol. The standard InChI is InChI=1S/C27H21BrN4O2S/c28-18-10-11-21-24(16-18)35-27(30-21)32(14-5-13-31-15-12-29-17-31)26(33)25-19-6-1-3-8-22(19)34-23-9-4-2-7-20(23)25/h1-4,6-12,15-17,25H,5,13-14H2. The number of hydrogen-bond acceptors (Lipinski definition) is 5. The first-order valence-corrected chi connectivity index (χ1v) is 13.0. The molecule has 0 bridgehead atoms. The van der Waals surface area contributed by atoms with E-state index in [9.17, 15) is 4.79 Å². The summed E-state index contributed by atoms with van der Waals surface area (Å²) in [5.41, 5.74) is 2.63. The van der Waals surface area contributed by atoms with Gasteiger partial charge >= 0.3 is 0 Å². The highest BCUT2D eigenvalue weighted by Gasteiger charge is 2.36. The first-order chi connectivity index (χ1) is 17.2. The molecule has 3 heterocycles. The Morgan fingerprint density at radius 3 is 2.51 bits per heavy atom. The number of rotatable bonds is 6. The quantitative estimate of drug-likeness (QED) is 0.241. The number of ether oxygens (including phenoxy) is 1. The number of aryl methyl sites for hydroxylation is 1. The van der Waals surface area contributed by atoms with E-state index in [-0.39, 0.29) is 5.91 Å². The lowest BCUT2D eigenvalue weighted by atomic mass is 9.87. The Kier molecular flexibility index (Phi) is 5.83. The molecule has 1 aliphatic rings. The number of benzene rings is 3. The van der Waals surface area contributed by atoms with Gasteiger partial charge in [0.25, 0.3) is 0 Å². The maximum Gasteiger partial charge on any atom is 0.241 e. The van der Waals surface area contributed by atoms with Crippen molar-refractivity contribution in [2.45, 2.75) is 18.9 Å². The smallest absolute Gasteiger partial charge is 0.241 e. The van der Waals surface area contributed by atoms with Gasteiger partial charge in [-0.3, -0.25) is 9.69 Å². The van der Waals surface area contributed by atoms with Crippen LogP contribution in [0.5, 0.6) is 11.5 Å². The van der Waals surface area contributed by atoms with Gasteiger partial charge < -0.3 is 9.30 Å². The summed E-state index contributed by atoms with van der Waals surface area (Å²) in [5.74, 6) is 0.965. The van der Waals surface area contributed by atoms with Crippen LogP contribution in [-0.2, 0) is 11.3 Å². The number of anilines is 1. The molecule has 1 amide bonds. The topological polar surface area (TPSA) is 60.2 Å². The van der Waals surface area contributed by atoms with E-state index in [2.05, 4.69) is 20.9 Å². The molecule has 0 unspecified atom stereocenters. The van der Waals surface area contributed by atoms with Crippen LogP contribution in [0.1, 0.15) is 23.5 Å². The maximum absolute atomic E-state index is 14.4. The molecule has 0 radical (unpaired) electrons. The van der Waals surface area contributed by atoms with Crippen LogP contribution in [0.3, 0.4) is 0 Å². The summed E-state index contributed by atoms with van der Waals surface area (Å²) in [6, 6.07) is 21.6. The monoisotopic (exact) mass is 544 g/mol. The molecule has 0 atom stereocenters. The number of halogens is 1. The van der Waals surface area contributed by atoms with Gasteiger partial charge in [-0.05, 0) is 36.8 Å². The van der Waals surface area contributed by atoms with Gasteiger partial charge in [-0.2, -0.15) is 0 Å². The lowest BCUT2D eigenvalue weighted by Gasteiger charge is -2.31. The van der Waals surface area contributed by atoms with Crippen LogP contribution in [0.2, 0.25) is 0 Å². The number of fused-ring (bicyclic) bond motifs is 3. The minimum absolute atomic E-state index is 0.00282. The highest BCUT2D eigenvalue weighted by Crippen LogP contribution is 2.45. The van der Waals surface area contributed by atoms with Crippen molar-refractivity contribution in [1.82, 2.24) is 14.5 Å². The molecule has 35 heavy (non-hydrogen) atoms. The lowest BCUT2D eigenvalue weighted by Crippen LogP contribution is -2.37. The second-order valence-electron chi connectivity index (χ2n) is 8.36. The van der Waals surface area contributed by atoms with Gasteiger partial charge in [-0.15, -0.1) is 0 Å². The van der Waals surface area contributed by atoms with Crippen molar-refractivity contribution in [1.29, 1.82) is 0 Å². The van der Waals surface area contributed by atoms with Crippen molar-refractivity contribution in [3.05, 3.63) is 101 Å². The van der Waals surface area contributed by atoms with E-state index in [0.29, 0.717) is 11.7 Å². The van der Waals surface area contributed by atoms with Crippen molar-refractivity contribution in [3.63, 3.8) is 0 Å². The molecule has 6 rings (SSSR count). The Balaban J connectivity index is 1.41. The second-order valence-corrected chi connectivity index (χ2v) is 10.3.